The SMILES string of the molecule is CCOC(=O)[NH+]([O-])c1cccnc1. The Hall–Kier alpha value is -1.46. The van der Waals surface area contributed by atoms with Crippen LogP contribution in [0.5, 0.6) is 0 Å². The first-order chi connectivity index (χ1) is 6.25. The van der Waals surface area contributed by atoms with Gasteiger partial charge in [-0.25, -0.2) is 5.06 Å². The lowest BCUT2D eigenvalue weighted by Crippen LogP contribution is -3.05. The average Bonchev–Trinajstić information content (AvgIpc) is 2.18. The van der Waals surface area contributed by atoms with E-state index in [1.54, 1.807) is 13.0 Å². The molecule has 1 amide bonds. The van der Waals surface area contributed by atoms with Gasteiger partial charge in [-0.1, -0.05) is 0 Å². The van der Waals surface area contributed by atoms with Gasteiger partial charge < -0.3 is 9.94 Å². The summed E-state index contributed by atoms with van der Waals surface area (Å²) in [5.41, 5.74) is 0.251. The van der Waals surface area contributed by atoms with Gasteiger partial charge in [0.05, 0.1) is 12.8 Å². The number of hydroxylamine groups is 1. The Labute approximate surface area is 75.5 Å². The minimum atomic E-state index is -0.837. The summed E-state index contributed by atoms with van der Waals surface area (Å²) in [6.45, 7) is 1.85. The predicted molar refractivity (Wildman–Crippen MR) is 45.2 cm³/mol. The first-order valence-electron chi connectivity index (χ1n) is 3.87. The van der Waals surface area contributed by atoms with Gasteiger partial charge >= 0.3 is 6.09 Å². The van der Waals surface area contributed by atoms with Crippen molar-refractivity contribution in [2.45, 2.75) is 6.92 Å². The first kappa shape index (κ1) is 9.63. The summed E-state index contributed by atoms with van der Waals surface area (Å²) < 4.78 is 4.54. The molecule has 1 rings (SSSR count). The fraction of sp³-hybridized carbons (Fsp3) is 0.250. The van der Waals surface area contributed by atoms with Crippen molar-refractivity contribution in [3.05, 3.63) is 29.7 Å². The van der Waals surface area contributed by atoms with Gasteiger partial charge in [-0.2, -0.15) is 4.79 Å². The number of amides is 1. The van der Waals surface area contributed by atoms with E-state index in [2.05, 4.69) is 9.72 Å². The highest BCUT2D eigenvalue weighted by Crippen LogP contribution is 1.94. The molecule has 1 heterocycles. The van der Waals surface area contributed by atoms with Crippen molar-refractivity contribution in [3.63, 3.8) is 0 Å². The summed E-state index contributed by atoms with van der Waals surface area (Å²) in [6, 6.07) is 3.11. The quantitative estimate of drug-likeness (QED) is 0.666. The van der Waals surface area contributed by atoms with E-state index in [1.165, 1.54) is 18.5 Å². The summed E-state index contributed by atoms with van der Waals surface area (Å²) in [6.07, 6.45) is 2.02. The molecule has 0 saturated carbocycles. The second-order valence-electron chi connectivity index (χ2n) is 2.29. The standard InChI is InChI=1S/C8H10N2O3/c1-2-13-8(11)10(12)7-4-3-5-9-6-7/h3-6,10H,2H2,1H3. The molecule has 1 N–H and O–H groups in total. The Balaban J connectivity index is 2.68. The Morgan fingerprint density at radius 1 is 1.77 bits per heavy atom. The molecule has 1 unspecified atom stereocenters. The summed E-state index contributed by atoms with van der Waals surface area (Å²) in [7, 11) is 0. The third-order valence-electron chi connectivity index (χ3n) is 1.38. The maximum absolute atomic E-state index is 11.2. The van der Waals surface area contributed by atoms with Crippen LogP contribution >= 0.6 is 0 Å². The van der Waals surface area contributed by atoms with E-state index in [0.717, 1.165) is 0 Å². The van der Waals surface area contributed by atoms with E-state index in [4.69, 9.17) is 0 Å². The van der Waals surface area contributed by atoms with Gasteiger partial charge in [0.15, 0.2) is 5.69 Å². The second kappa shape index (κ2) is 4.54. The highest BCUT2D eigenvalue weighted by molar-refractivity contribution is 5.60. The van der Waals surface area contributed by atoms with Crippen molar-refractivity contribution in [1.29, 1.82) is 0 Å². The lowest BCUT2D eigenvalue weighted by Gasteiger charge is -2.16. The Bertz CT molecular complexity index is 276. The van der Waals surface area contributed by atoms with Crippen molar-refractivity contribution < 1.29 is 14.6 Å². The normalized spacial score (nSPS) is 12.2. The largest absolute Gasteiger partial charge is 0.618 e. The molecule has 1 aromatic rings. The predicted octanol–water partition coefficient (Wildman–Crippen LogP) is 0.252. The van der Waals surface area contributed by atoms with Crippen molar-refractivity contribution in [1.82, 2.24) is 4.98 Å². The Morgan fingerprint density at radius 3 is 3.08 bits per heavy atom. The van der Waals surface area contributed by atoms with Crippen LogP contribution in [0.3, 0.4) is 0 Å². The van der Waals surface area contributed by atoms with Gasteiger partial charge in [-0.3, -0.25) is 4.98 Å². The third-order valence-corrected chi connectivity index (χ3v) is 1.38. The minimum absolute atomic E-state index is 0.199. The zero-order chi connectivity index (χ0) is 9.68. The molecule has 0 spiro atoms. The number of carbonyl (C=O) groups excluding carboxylic acids is 1. The number of quaternary nitrogens is 1. The number of carbonyl (C=O) groups is 1. The van der Waals surface area contributed by atoms with E-state index in [-0.39, 0.29) is 12.3 Å². The molecule has 1 aromatic heterocycles. The number of rotatable bonds is 2. The second-order valence-corrected chi connectivity index (χ2v) is 2.29. The average molecular weight is 182 g/mol. The maximum Gasteiger partial charge on any atom is 0.519 e. The smallest absolute Gasteiger partial charge is 0.519 e. The number of pyridine rings is 1. The van der Waals surface area contributed by atoms with Crippen LogP contribution in [0.1, 0.15) is 6.92 Å². The number of hydrogen-bond donors (Lipinski definition) is 1. The fourth-order valence-corrected chi connectivity index (χ4v) is 0.812. The maximum atomic E-state index is 11.2. The summed E-state index contributed by atoms with van der Waals surface area (Å²) >= 11 is 0. The van der Waals surface area contributed by atoms with Crippen LogP contribution in [-0.2, 0) is 4.74 Å². The molecule has 0 aliphatic heterocycles. The molecule has 70 valence electrons. The molecule has 1 atom stereocenters. The van der Waals surface area contributed by atoms with E-state index in [1.807, 2.05) is 0 Å². The van der Waals surface area contributed by atoms with E-state index in [0.29, 0.717) is 0 Å². The number of ether oxygens (including phenoxy) is 1. The summed E-state index contributed by atoms with van der Waals surface area (Å²) in [5.74, 6) is 0. The summed E-state index contributed by atoms with van der Waals surface area (Å²) in [4.78, 5) is 14.7. The van der Waals surface area contributed by atoms with Gasteiger partial charge in [0, 0.05) is 12.3 Å². The van der Waals surface area contributed by atoms with Gasteiger partial charge in [-0.05, 0) is 13.0 Å². The van der Waals surface area contributed by atoms with E-state index in [9.17, 15) is 10.0 Å². The molecule has 0 saturated heterocycles. The van der Waals surface area contributed by atoms with Gasteiger partial charge in [0.2, 0.25) is 0 Å². The molecule has 0 fully saturated rings. The van der Waals surface area contributed by atoms with Crippen LogP contribution in [0.25, 0.3) is 0 Å². The monoisotopic (exact) mass is 182 g/mol. The molecule has 0 radical (unpaired) electrons. The number of nitrogens with zero attached hydrogens (tertiary/aromatic N) is 1. The highest BCUT2D eigenvalue weighted by atomic mass is 16.6. The zero-order valence-electron chi connectivity index (χ0n) is 7.19. The van der Waals surface area contributed by atoms with Crippen molar-refractivity contribution >= 4 is 11.8 Å². The van der Waals surface area contributed by atoms with Crippen LogP contribution < -0.4 is 5.06 Å². The van der Waals surface area contributed by atoms with Gasteiger partial charge in [0.1, 0.15) is 0 Å². The topological polar surface area (TPSA) is 66.7 Å². The fourth-order valence-electron chi connectivity index (χ4n) is 0.812. The number of nitrogens with one attached hydrogen (secondary N) is 1. The molecule has 13 heavy (non-hydrogen) atoms. The number of hydrogen-bond acceptors (Lipinski definition) is 4. The van der Waals surface area contributed by atoms with Crippen molar-refractivity contribution in [2.75, 3.05) is 6.61 Å². The van der Waals surface area contributed by atoms with Crippen LogP contribution in [0.4, 0.5) is 10.5 Å². The van der Waals surface area contributed by atoms with Gasteiger partial charge in [0.25, 0.3) is 0 Å². The summed E-state index contributed by atoms with van der Waals surface area (Å²) in [5, 5.41) is 10.6. The Morgan fingerprint density at radius 2 is 2.54 bits per heavy atom. The first-order valence-corrected chi connectivity index (χ1v) is 3.87. The Kier molecular flexibility index (Phi) is 3.36. The van der Waals surface area contributed by atoms with E-state index < -0.39 is 11.2 Å². The van der Waals surface area contributed by atoms with Crippen LogP contribution in [0.15, 0.2) is 24.5 Å². The molecular formula is C8H10N2O3. The molecular weight excluding hydrogens is 172 g/mol. The molecule has 0 aromatic carbocycles. The van der Waals surface area contributed by atoms with Crippen molar-refractivity contribution in [3.8, 4) is 0 Å². The highest BCUT2D eigenvalue weighted by Gasteiger charge is 2.13. The minimum Gasteiger partial charge on any atom is -0.618 e. The van der Waals surface area contributed by atoms with Gasteiger partial charge in [-0.15, -0.1) is 0 Å². The van der Waals surface area contributed by atoms with E-state index >= 15 is 0 Å². The lowest BCUT2D eigenvalue weighted by molar-refractivity contribution is -0.692. The van der Waals surface area contributed by atoms with Crippen molar-refractivity contribution in [2.24, 2.45) is 0 Å². The molecule has 0 aliphatic rings. The third kappa shape index (κ3) is 2.50. The zero-order valence-corrected chi connectivity index (χ0v) is 7.19. The molecule has 5 heteroatoms. The van der Waals surface area contributed by atoms with Crippen LogP contribution in [0, 0.1) is 5.21 Å². The van der Waals surface area contributed by atoms with Crippen LogP contribution in [0.2, 0.25) is 0 Å². The number of aromatic nitrogens is 1. The molecule has 0 bridgehead atoms. The molecule has 0 aliphatic carbocycles. The van der Waals surface area contributed by atoms with Crippen LogP contribution in [-0.4, -0.2) is 17.7 Å². The molecule has 5 nitrogen and oxygen atoms in total. The lowest BCUT2D eigenvalue weighted by atomic mass is 10.4.